The number of carbonyl (C=O) groups is 1. The van der Waals surface area contributed by atoms with Crippen molar-refractivity contribution in [2.75, 3.05) is 12.8 Å². The number of unbranched alkanes of at least 4 members (excludes halogenated alkanes) is 2. The number of hydrogen-bond acceptors (Lipinski definition) is 4. The van der Waals surface area contributed by atoms with Gasteiger partial charge in [0.05, 0.1) is 5.75 Å². The van der Waals surface area contributed by atoms with Gasteiger partial charge in [-0.05, 0) is 36.3 Å². The molecule has 0 aromatic heterocycles. The van der Waals surface area contributed by atoms with E-state index >= 15 is 0 Å². The SMILES string of the molecule is CCCCCNC(=S)NNC(=O)c1ccc(CS(C)(=O)=O)cc1. The number of sulfone groups is 1. The van der Waals surface area contributed by atoms with Crippen LogP contribution < -0.4 is 16.2 Å². The Morgan fingerprint density at radius 3 is 2.35 bits per heavy atom. The summed E-state index contributed by atoms with van der Waals surface area (Å²) in [6.45, 7) is 2.88. The second-order valence-electron chi connectivity index (χ2n) is 5.31. The quantitative estimate of drug-likeness (QED) is 0.390. The molecule has 1 amide bonds. The Kier molecular flexibility index (Phi) is 7.97. The van der Waals surface area contributed by atoms with Crippen molar-refractivity contribution in [3.63, 3.8) is 0 Å². The summed E-state index contributed by atoms with van der Waals surface area (Å²) in [7, 11) is -3.08. The van der Waals surface area contributed by atoms with Crippen LogP contribution in [0.25, 0.3) is 0 Å². The van der Waals surface area contributed by atoms with Gasteiger partial charge in [0.2, 0.25) is 0 Å². The molecule has 0 unspecified atom stereocenters. The molecule has 8 heteroatoms. The molecule has 128 valence electrons. The normalized spacial score (nSPS) is 10.9. The van der Waals surface area contributed by atoms with Crippen LogP contribution in [-0.2, 0) is 15.6 Å². The van der Waals surface area contributed by atoms with Gasteiger partial charge in [0.25, 0.3) is 5.91 Å². The van der Waals surface area contributed by atoms with Crippen molar-refractivity contribution in [3.05, 3.63) is 35.4 Å². The Balaban J connectivity index is 2.41. The number of hydrogen-bond donors (Lipinski definition) is 3. The van der Waals surface area contributed by atoms with E-state index < -0.39 is 9.84 Å². The minimum Gasteiger partial charge on any atom is -0.361 e. The number of amides is 1. The molecule has 0 aliphatic carbocycles. The van der Waals surface area contributed by atoms with Crippen molar-refractivity contribution >= 4 is 33.1 Å². The maximum Gasteiger partial charge on any atom is 0.269 e. The molecule has 0 atom stereocenters. The van der Waals surface area contributed by atoms with E-state index in [4.69, 9.17) is 12.2 Å². The van der Waals surface area contributed by atoms with E-state index in [0.29, 0.717) is 16.2 Å². The Labute approximate surface area is 142 Å². The van der Waals surface area contributed by atoms with E-state index in [9.17, 15) is 13.2 Å². The molecule has 1 rings (SSSR count). The first-order chi connectivity index (χ1) is 10.8. The van der Waals surface area contributed by atoms with Gasteiger partial charge >= 0.3 is 0 Å². The molecule has 3 N–H and O–H groups in total. The highest BCUT2D eigenvalue weighted by Gasteiger charge is 2.08. The average Bonchev–Trinajstić information content (AvgIpc) is 2.48. The van der Waals surface area contributed by atoms with Gasteiger partial charge in [0, 0.05) is 18.4 Å². The molecule has 0 saturated heterocycles. The zero-order valence-corrected chi connectivity index (χ0v) is 15.0. The molecule has 1 aromatic rings. The number of rotatable bonds is 7. The van der Waals surface area contributed by atoms with Crippen molar-refractivity contribution in [3.8, 4) is 0 Å². The third-order valence-electron chi connectivity index (χ3n) is 3.00. The Bertz CT molecular complexity index is 628. The molecule has 6 nitrogen and oxygen atoms in total. The number of thiocarbonyl (C=S) groups is 1. The highest BCUT2D eigenvalue weighted by atomic mass is 32.2. The van der Waals surface area contributed by atoms with Gasteiger partial charge in [-0.1, -0.05) is 31.9 Å². The topological polar surface area (TPSA) is 87.3 Å². The summed E-state index contributed by atoms with van der Waals surface area (Å²) in [6, 6.07) is 6.40. The van der Waals surface area contributed by atoms with Crippen molar-refractivity contribution in [1.29, 1.82) is 0 Å². The van der Waals surface area contributed by atoms with Crippen molar-refractivity contribution in [1.82, 2.24) is 16.2 Å². The first-order valence-corrected chi connectivity index (χ1v) is 9.89. The first kappa shape index (κ1) is 19.4. The van der Waals surface area contributed by atoms with Crippen LogP contribution >= 0.6 is 12.2 Å². The Morgan fingerprint density at radius 1 is 1.13 bits per heavy atom. The second-order valence-corrected chi connectivity index (χ2v) is 7.86. The van der Waals surface area contributed by atoms with E-state index in [0.717, 1.165) is 25.8 Å². The molecule has 0 saturated carbocycles. The van der Waals surface area contributed by atoms with E-state index in [1.807, 2.05) is 0 Å². The fraction of sp³-hybridized carbons (Fsp3) is 0.467. The lowest BCUT2D eigenvalue weighted by molar-refractivity contribution is 0.0943. The predicted molar refractivity (Wildman–Crippen MR) is 95.7 cm³/mol. The zero-order valence-electron chi connectivity index (χ0n) is 13.4. The third kappa shape index (κ3) is 8.51. The van der Waals surface area contributed by atoms with Crippen LogP contribution in [-0.4, -0.2) is 32.2 Å². The minimum atomic E-state index is -3.08. The lowest BCUT2D eigenvalue weighted by Crippen LogP contribution is -2.46. The lowest BCUT2D eigenvalue weighted by atomic mass is 10.1. The van der Waals surface area contributed by atoms with E-state index in [1.165, 1.54) is 6.26 Å². The average molecular weight is 358 g/mol. The molecule has 0 bridgehead atoms. The number of nitrogens with one attached hydrogen (secondary N) is 3. The smallest absolute Gasteiger partial charge is 0.269 e. The molecule has 23 heavy (non-hydrogen) atoms. The van der Waals surface area contributed by atoms with Crippen LogP contribution in [0.2, 0.25) is 0 Å². The number of hydrazine groups is 1. The summed E-state index contributed by atoms with van der Waals surface area (Å²) >= 11 is 5.05. The molecular weight excluding hydrogens is 334 g/mol. The van der Waals surface area contributed by atoms with Gasteiger partial charge in [-0.3, -0.25) is 15.6 Å². The molecular formula is C15H23N3O3S2. The highest BCUT2D eigenvalue weighted by Crippen LogP contribution is 2.07. The maximum atomic E-state index is 11.9. The largest absolute Gasteiger partial charge is 0.361 e. The number of benzene rings is 1. The minimum absolute atomic E-state index is 0.0427. The van der Waals surface area contributed by atoms with Crippen molar-refractivity contribution in [2.24, 2.45) is 0 Å². The molecule has 0 aliphatic heterocycles. The Morgan fingerprint density at radius 2 is 1.78 bits per heavy atom. The van der Waals surface area contributed by atoms with Crippen molar-refractivity contribution in [2.45, 2.75) is 31.9 Å². The summed E-state index contributed by atoms with van der Waals surface area (Å²) in [5.41, 5.74) is 6.20. The van der Waals surface area contributed by atoms with Gasteiger partial charge < -0.3 is 5.32 Å². The molecule has 0 aliphatic rings. The molecule has 1 aromatic carbocycles. The van der Waals surface area contributed by atoms with E-state index in [2.05, 4.69) is 23.1 Å². The van der Waals surface area contributed by atoms with Crippen LogP contribution in [0.3, 0.4) is 0 Å². The lowest BCUT2D eigenvalue weighted by Gasteiger charge is -2.11. The van der Waals surface area contributed by atoms with Gasteiger partial charge in [0.15, 0.2) is 14.9 Å². The maximum absolute atomic E-state index is 11.9. The van der Waals surface area contributed by atoms with E-state index in [1.54, 1.807) is 24.3 Å². The highest BCUT2D eigenvalue weighted by molar-refractivity contribution is 7.89. The predicted octanol–water partition coefficient (Wildman–Crippen LogP) is 1.53. The van der Waals surface area contributed by atoms with Crippen LogP contribution in [0.1, 0.15) is 42.1 Å². The summed E-state index contributed by atoms with van der Waals surface area (Å²) < 4.78 is 22.4. The van der Waals surface area contributed by atoms with Crippen LogP contribution in [0.5, 0.6) is 0 Å². The molecule has 0 fully saturated rings. The van der Waals surface area contributed by atoms with Gasteiger partial charge in [0.1, 0.15) is 0 Å². The Hall–Kier alpha value is -1.67. The van der Waals surface area contributed by atoms with Crippen molar-refractivity contribution < 1.29 is 13.2 Å². The molecule has 0 heterocycles. The fourth-order valence-electron chi connectivity index (χ4n) is 1.86. The number of carbonyl (C=O) groups excluding carboxylic acids is 1. The van der Waals surface area contributed by atoms with Gasteiger partial charge in [-0.15, -0.1) is 0 Å². The third-order valence-corrected chi connectivity index (χ3v) is 4.10. The van der Waals surface area contributed by atoms with Crippen LogP contribution in [0, 0.1) is 0 Å². The molecule has 0 radical (unpaired) electrons. The van der Waals surface area contributed by atoms with Gasteiger partial charge in [-0.2, -0.15) is 0 Å². The fourth-order valence-corrected chi connectivity index (χ4v) is 2.81. The first-order valence-electron chi connectivity index (χ1n) is 7.42. The zero-order chi connectivity index (χ0) is 17.3. The summed E-state index contributed by atoms with van der Waals surface area (Å²) in [5, 5.41) is 3.36. The second kappa shape index (κ2) is 9.46. The summed E-state index contributed by atoms with van der Waals surface area (Å²) in [4.78, 5) is 11.9. The standard InChI is InChI=1S/C15H23N3O3S2/c1-3-4-5-10-16-15(22)18-17-14(19)13-8-6-12(7-9-13)11-23(2,20)21/h6-9H,3-5,10-11H2,1-2H3,(H,17,19)(H2,16,18,22). The molecule has 0 spiro atoms. The van der Waals surface area contributed by atoms with Crippen LogP contribution in [0.4, 0.5) is 0 Å². The monoisotopic (exact) mass is 357 g/mol. The van der Waals surface area contributed by atoms with Crippen LogP contribution in [0.15, 0.2) is 24.3 Å². The van der Waals surface area contributed by atoms with Gasteiger partial charge in [-0.25, -0.2) is 8.42 Å². The summed E-state index contributed by atoms with van der Waals surface area (Å²) in [6.07, 6.45) is 4.45. The summed E-state index contributed by atoms with van der Waals surface area (Å²) in [5.74, 6) is -0.382. The van der Waals surface area contributed by atoms with E-state index in [-0.39, 0.29) is 11.7 Å².